The normalized spacial score (nSPS) is 22.6. The molecule has 0 saturated carbocycles. The second kappa shape index (κ2) is 4.64. The second-order valence-electron chi connectivity index (χ2n) is 5.36. The Kier molecular flexibility index (Phi) is 3.30. The Hall–Kier alpha value is -1.91. The molecule has 1 amide bonds. The highest BCUT2D eigenvalue weighted by atomic mass is 19.1. The summed E-state index contributed by atoms with van der Waals surface area (Å²) in [5.41, 5.74) is 0.0357. The second-order valence-corrected chi connectivity index (χ2v) is 5.36. The summed E-state index contributed by atoms with van der Waals surface area (Å²) in [6.45, 7) is 3.89. The van der Waals surface area contributed by atoms with Crippen LogP contribution in [0.5, 0.6) is 0 Å². The first-order valence-electron chi connectivity index (χ1n) is 6.12. The van der Waals surface area contributed by atoms with Crippen molar-refractivity contribution in [2.24, 2.45) is 5.41 Å². The van der Waals surface area contributed by atoms with Crippen molar-refractivity contribution < 1.29 is 19.1 Å². The number of aliphatic carboxylic acids is 1. The third-order valence-corrected chi connectivity index (χ3v) is 3.57. The highest BCUT2D eigenvalue weighted by Gasteiger charge is 2.42. The molecule has 1 aliphatic heterocycles. The van der Waals surface area contributed by atoms with E-state index in [0.29, 0.717) is 18.5 Å². The highest BCUT2D eigenvalue weighted by molar-refractivity contribution is 5.95. The van der Waals surface area contributed by atoms with Crippen LogP contribution in [0.4, 0.5) is 4.39 Å². The fourth-order valence-electron chi connectivity index (χ4n) is 2.35. The van der Waals surface area contributed by atoms with Crippen molar-refractivity contribution in [3.8, 4) is 0 Å². The van der Waals surface area contributed by atoms with Crippen molar-refractivity contribution in [1.29, 1.82) is 0 Å². The zero-order valence-electron chi connectivity index (χ0n) is 10.9. The predicted octanol–water partition coefficient (Wildman–Crippen LogP) is 2.07. The number of amides is 1. The van der Waals surface area contributed by atoms with E-state index in [1.807, 2.05) is 0 Å². The number of carboxylic acid groups (broad SMARTS) is 1. The number of hydrogen-bond donors (Lipinski definition) is 1. The zero-order chi connectivity index (χ0) is 14.2. The lowest BCUT2D eigenvalue weighted by atomic mass is 9.90. The molecule has 0 spiro atoms. The topological polar surface area (TPSA) is 57.6 Å². The summed E-state index contributed by atoms with van der Waals surface area (Å²) >= 11 is 0. The maximum absolute atomic E-state index is 13.3. The molecule has 0 bridgehead atoms. The molecule has 0 unspecified atom stereocenters. The largest absolute Gasteiger partial charge is 0.481 e. The smallest absolute Gasteiger partial charge is 0.311 e. The van der Waals surface area contributed by atoms with Gasteiger partial charge in [-0.05, 0) is 44.0 Å². The molecule has 102 valence electrons. The molecule has 1 aliphatic rings. The molecule has 1 N–H and O–H groups in total. The molecule has 1 aromatic carbocycles. The van der Waals surface area contributed by atoms with Crippen LogP contribution < -0.4 is 0 Å². The SMILES string of the molecule is Cc1cc(F)cc(C(=O)N2CC[C@](C)(C(=O)O)C2)c1. The van der Waals surface area contributed by atoms with E-state index in [4.69, 9.17) is 5.11 Å². The Morgan fingerprint density at radius 1 is 1.37 bits per heavy atom. The van der Waals surface area contributed by atoms with E-state index in [0.717, 1.165) is 0 Å². The first-order valence-corrected chi connectivity index (χ1v) is 6.12. The molecule has 1 heterocycles. The van der Waals surface area contributed by atoms with Gasteiger partial charge in [-0.3, -0.25) is 9.59 Å². The van der Waals surface area contributed by atoms with Crippen LogP contribution in [0.1, 0.15) is 29.3 Å². The van der Waals surface area contributed by atoms with Gasteiger partial charge in [0, 0.05) is 18.7 Å². The lowest BCUT2D eigenvalue weighted by molar-refractivity contribution is -0.147. The van der Waals surface area contributed by atoms with Gasteiger partial charge < -0.3 is 10.0 Å². The van der Waals surface area contributed by atoms with E-state index in [1.54, 1.807) is 19.9 Å². The van der Waals surface area contributed by atoms with Crippen molar-refractivity contribution in [3.63, 3.8) is 0 Å². The Morgan fingerprint density at radius 3 is 2.58 bits per heavy atom. The van der Waals surface area contributed by atoms with Gasteiger partial charge in [-0.2, -0.15) is 0 Å². The summed E-state index contributed by atoms with van der Waals surface area (Å²) in [7, 11) is 0. The minimum absolute atomic E-state index is 0.163. The van der Waals surface area contributed by atoms with E-state index < -0.39 is 17.2 Å². The Balaban J connectivity index is 2.20. The summed E-state index contributed by atoms with van der Waals surface area (Å²) in [6.07, 6.45) is 0.419. The van der Waals surface area contributed by atoms with Crippen molar-refractivity contribution in [3.05, 3.63) is 35.1 Å². The lowest BCUT2D eigenvalue weighted by Gasteiger charge is -2.20. The molecule has 0 radical (unpaired) electrons. The molecule has 1 saturated heterocycles. The van der Waals surface area contributed by atoms with Crippen molar-refractivity contribution in [1.82, 2.24) is 4.90 Å². The monoisotopic (exact) mass is 265 g/mol. The van der Waals surface area contributed by atoms with E-state index in [2.05, 4.69) is 0 Å². The number of aryl methyl sites for hydroxylation is 1. The van der Waals surface area contributed by atoms with E-state index >= 15 is 0 Å². The van der Waals surface area contributed by atoms with Crippen molar-refractivity contribution >= 4 is 11.9 Å². The van der Waals surface area contributed by atoms with Crippen LogP contribution in [0, 0.1) is 18.2 Å². The van der Waals surface area contributed by atoms with Gasteiger partial charge in [-0.1, -0.05) is 0 Å². The molecule has 4 nitrogen and oxygen atoms in total. The number of likely N-dealkylation sites (tertiary alicyclic amines) is 1. The van der Waals surface area contributed by atoms with Gasteiger partial charge in [-0.25, -0.2) is 4.39 Å². The first-order chi connectivity index (χ1) is 8.82. The molecule has 0 aromatic heterocycles. The highest BCUT2D eigenvalue weighted by Crippen LogP contribution is 2.31. The van der Waals surface area contributed by atoms with Crippen LogP contribution >= 0.6 is 0 Å². The summed E-state index contributed by atoms with van der Waals surface area (Å²) in [5.74, 6) is -1.67. The maximum Gasteiger partial charge on any atom is 0.311 e. The standard InChI is InChI=1S/C14H16FNO3/c1-9-5-10(7-11(15)6-9)12(17)16-4-3-14(2,8-16)13(18)19/h5-7H,3-4,8H2,1-2H3,(H,18,19)/t14-/m0/s1. The van der Waals surface area contributed by atoms with Crippen LogP contribution in [0.2, 0.25) is 0 Å². The molecular weight excluding hydrogens is 249 g/mol. The van der Waals surface area contributed by atoms with Gasteiger partial charge in [0.1, 0.15) is 5.82 Å². The molecule has 2 rings (SSSR count). The van der Waals surface area contributed by atoms with E-state index in [1.165, 1.54) is 17.0 Å². The van der Waals surface area contributed by atoms with Crippen molar-refractivity contribution in [2.75, 3.05) is 13.1 Å². The number of carbonyl (C=O) groups is 2. The average molecular weight is 265 g/mol. The van der Waals surface area contributed by atoms with Crippen LogP contribution in [0.15, 0.2) is 18.2 Å². The Morgan fingerprint density at radius 2 is 2.05 bits per heavy atom. The van der Waals surface area contributed by atoms with Crippen LogP contribution in [-0.2, 0) is 4.79 Å². The molecule has 1 atom stereocenters. The lowest BCUT2D eigenvalue weighted by Crippen LogP contribution is -2.34. The molecule has 1 fully saturated rings. The molecule has 19 heavy (non-hydrogen) atoms. The number of carboxylic acids is 1. The maximum atomic E-state index is 13.3. The fourth-order valence-corrected chi connectivity index (χ4v) is 2.35. The minimum atomic E-state index is -0.905. The van der Waals surface area contributed by atoms with Crippen LogP contribution in [-0.4, -0.2) is 35.0 Å². The molecule has 5 heteroatoms. The van der Waals surface area contributed by atoms with Crippen molar-refractivity contribution in [2.45, 2.75) is 20.3 Å². The summed E-state index contributed by atoms with van der Waals surface area (Å²) in [4.78, 5) is 24.8. The number of nitrogens with zero attached hydrogens (tertiary/aromatic N) is 1. The quantitative estimate of drug-likeness (QED) is 0.890. The average Bonchev–Trinajstić information content (AvgIpc) is 2.71. The van der Waals surface area contributed by atoms with Crippen LogP contribution in [0.3, 0.4) is 0 Å². The summed E-state index contributed by atoms with van der Waals surface area (Å²) < 4.78 is 13.3. The van der Waals surface area contributed by atoms with Gasteiger partial charge >= 0.3 is 5.97 Å². The Labute approximate surface area is 110 Å². The third kappa shape index (κ3) is 2.59. The molecule has 1 aromatic rings. The minimum Gasteiger partial charge on any atom is -0.481 e. The van der Waals surface area contributed by atoms with Gasteiger partial charge in [-0.15, -0.1) is 0 Å². The molecular formula is C14H16FNO3. The van der Waals surface area contributed by atoms with Gasteiger partial charge in [0.15, 0.2) is 0 Å². The number of halogens is 1. The number of benzene rings is 1. The van der Waals surface area contributed by atoms with Gasteiger partial charge in [0.2, 0.25) is 0 Å². The van der Waals surface area contributed by atoms with E-state index in [9.17, 15) is 14.0 Å². The molecule has 0 aliphatic carbocycles. The summed E-state index contributed by atoms with van der Waals surface area (Å²) in [5, 5.41) is 9.13. The first kappa shape index (κ1) is 13.5. The van der Waals surface area contributed by atoms with Gasteiger partial charge in [0.25, 0.3) is 5.91 Å². The van der Waals surface area contributed by atoms with Gasteiger partial charge in [0.05, 0.1) is 5.41 Å². The Bertz CT molecular complexity index is 523. The summed E-state index contributed by atoms with van der Waals surface area (Å²) in [6, 6.07) is 4.15. The zero-order valence-corrected chi connectivity index (χ0v) is 10.9. The fraction of sp³-hybridized carbons (Fsp3) is 0.429. The number of rotatable bonds is 2. The van der Waals surface area contributed by atoms with Crippen LogP contribution in [0.25, 0.3) is 0 Å². The number of carbonyl (C=O) groups excluding carboxylic acids is 1. The van der Waals surface area contributed by atoms with E-state index in [-0.39, 0.29) is 18.0 Å². The predicted molar refractivity (Wildman–Crippen MR) is 67.4 cm³/mol. The number of hydrogen-bond acceptors (Lipinski definition) is 2. The third-order valence-electron chi connectivity index (χ3n) is 3.57.